The van der Waals surface area contributed by atoms with Gasteiger partial charge in [0.1, 0.15) is 0 Å². The second kappa shape index (κ2) is 10.8. The molecular formula is C18H18N4O4. The van der Waals surface area contributed by atoms with Crippen LogP contribution in [0.1, 0.15) is 11.1 Å². The number of benzene rings is 1. The molecule has 0 aliphatic carbocycles. The number of hydrogen-bond acceptors (Lipinski definition) is 6. The smallest absolute Gasteiger partial charge is 0.277 e. The van der Waals surface area contributed by atoms with Crippen molar-refractivity contribution < 1.29 is 9.85 Å². The molecule has 0 atom stereocenters. The summed E-state index contributed by atoms with van der Waals surface area (Å²) in [6.45, 7) is 0. The van der Waals surface area contributed by atoms with E-state index < -0.39 is 9.85 Å². The third-order valence-corrected chi connectivity index (χ3v) is 3.01. The molecule has 1 aromatic rings. The molecule has 8 nitrogen and oxygen atoms in total. The highest BCUT2D eigenvalue weighted by molar-refractivity contribution is 5.73. The van der Waals surface area contributed by atoms with Crippen molar-refractivity contribution >= 4 is 23.5 Å². The Balaban J connectivity index is 3.34. The Morgan fingerprint density at radius 3 is 1.31 bits per heavy atom. The lowest BCUT2D eigenvalue weighted by molar-refractivity contribution is -0.389. The summed E-state index contributed by atoms with van der Waals surface area (Å²) in [5.74, 6) is 0. The third kappa shape index (κ3) is 6.28. The minimum atomic E-state index is -0.586. The average Bonchev–Trinajstić information content (AvgIpc) is 2.61. The number of nitrogens with two attached hydrogens (primary N) is 2. The van der Waals surface area contributed by atoms with E-state index in [-0.39, 0.29) is 22.5 Å². The van der Waals surface area contributed by atoms with Crippen LogP contribution < -0.4 is 11.5 Å². The van der Waals surface area contributed by atoms with Crippen molar-refractivity contribution in [2.45, 2.75) is 0 Å². The lowest BCUT2D eigenvalue weighted by Crippen LogP contribution is -1.97. The zero-order valence-electron chi connectivity index (χ0n) is 13.8. The van der Waals surface area contributed by atoms with Crippen molar-refractivity contribution in [2.24, 2.45) is 11.5 Å². The van der Waals surface area contributed by atoms with Crippen molar-refractivity contribution in [1.82, 2.24) is 0 Å². The number of nitro groups is 2. The van der Waals surface area contributed by atoms with Gasteiger partial charge in [0.2, 0.25) is 0 Å². The molecule has 0 bridgehead atoms. The predicted molar refractivity (Wildman–Crippen MR) is 103 cm³/mol. The van der Waals surface area contributed by atoms with Gasteiger partial charge in [-0.15, -0.1) is 0 Å². The summed E-state index contributed by atoms with van der Waals surface area (Å²) < 4.78 is 0. The fraction of sp³-hybridized carbons (Fsp3) is 0. The first-order valence-electron chi connectivity index (χ1n) is 7.41. The van der Waals surface area contributed by atoms with Gasteiger partial charge < -0.3 is 11.5 Å². The molecule has 1 aromatic carbocycles. The van der Waals surface area contributed by atoms with E-state index >= 15 is 0 Å². The average molecular weight is 354 g/mol. The first kappa shape index (κ1) is 20.1. The van der Waals surface area contributed by atoms with E-state index in [4.69, 9.17) is 11.5 Å². The molecule has 8 heteroatoms. The number of nitro benzene ring substituents is 2. The molecule has 0 heterocycles. The molecule has 0 radical (unpaired) electrons. The van der Waals surface area contributed by atoms with E-state index in [1.54, 1.807) is 36.5 Å². The van der Waals surface area contributed by atoms with Crippen LogP contribution in [0.5, 0.6) is 0 Å². The SMILES string of the molecule is N/C=C/C=C/C=C/c1cc([N+](=O)[O-])c(/C=C/C=C/C=C/N)cc1[N+](=O)[O-]. The van der Waals surface area contributed by atoms with Gasteiger partial charge in [-0.25, -0.2) is 0 Å². The summed E-state index contributed by atoms with van der Waals surface area (Å²) in [4.78, 5) is 21.4. The van der Waals surface area contributed by atoms with Crippen LogP contribution in [0.4, 0.5) is 11.4 Å². The summed E-state index contributed by atoms with van der Waals surface area (Å²) in [5.41, 5.74) is 10.1. The van der Waals surface area contributed by atoms with Crippen molar-refractivity contribution in [1.29, 1.82) is 0 Å². The van der Waals surface area contributed by atoms with E-state index in [1.807, 2.05) is 0 Å². The van der Waals surface area contributed by atoms with E-state index in [9.17, 15) is 20.2 Å². The van der Waals surface area contributed by atoms with Gasteiger partial charge in [-0.2, -0.15) is 0 Å². The number of allylic oxidation sites excluding steroid dienone is 8. The Kier molecular flexibility index (Phi) is 8.32. The second-order valence-corrected chi connectivity index (χ2v) is 4.74. The van der Waals surface area contributed by atoms with E-state index in [2.05, 4.69) is 0 Å². The number of rotatable bonds is 8. The molecule has 26 heavy (non-hydrogen) atoms. The van der Waals surface area contributed by atoms with Gasteiger partial charge in [0, 0.05) is 12.1 Å². The molecule has 0 amide bonds. The quantitative estimate of drug-likeness (QED) is 0.415. The van der Waals surface area contributed by atoms with Gasteiger partial charge in [-0.05, 0) is 36.7 Å². The maximum absolute atomic E-state index is 11.3. The first-order valence-corrected chi connectivity index (χ1v) is 7.41. The molecule has 1 rings (SSSR count). The zero-order valence-corrected chi connectivity index (χ0v) is 13.8. The van der Waals surface area contributed by atoms with Gasteiger partial charge in [0.25, 0.3) is 11.4 Å². The maximum atomic E-state index is 11.3. The lowest BCUT2D eigenvalue weighted by Gasteiger charge is -2.02. The summed E-state index contributed by atoms with van der Waals surface area (Å²) in [6.07, 6.45) is 18.2. The molecule has 0 aliphatic heterocycles. The Hall–Kier alpha value is -3.94. The topological polar surface area (TPSA) is 138 Å². The van der Waals surface area contributed by atoms with Gasteiger partial charge >= 0.3 is 0 Å². The monoisotopic (exact) mass is 354 g/mol. The van der Waals surface area contributed by atoms with Crippen LogP contribution in [0.15, 0.2) is 73.1 Å². The molecular weight excluding hydrogens is 336 g/mol. The van der Waals surface area contributed by atoms with Crippen LogP contribution in [0.3, 0.4) is 0 Å². The predicted octanol–water partition coefficient (Wildman–Crippen LogP) is 3.59. The van der Waals surface area contributed by atoms with E-state index in [0.717, 1.165) is 0 Å². The highest BCUT2D eigenvalue weighted by Gasteiger charge is 2.21. The van der Waals surface area contributed by atoms with Crippen molar-refractivity contribution in [3.63, 3.8) is 0 Å². The molecule has 0 aromatic heterocycles. The maximum Gasteiger partial charge on any atom is 0.277 e. The Labute approximate surface area is 150 Å². The minimum Gasteiger partial charge on any atom is -0.405 e. The highest BCUT2D eigenvalue weighted by Crippen LogP contribution is 2.30. The van der Waals surface area contributed by atoms with Gasteiger partial charge in [-0.3, -0.25) is 20.2 Å². The fourth-order valence-electron chi connectivity index (χ4n) is 1.90. The molecule has 0 saturated heterocycles. The van der Waals surface area contributed by atoms with Crippen LogP contribution in [-0.2, 0) is 0 Å². The molecule has 0 fully saturated rings. The normalized spacial score (nSPS) is 12.6. The van der Waals surface area contributed by atoms with Gasteiger partial charge in [-0.1, -0.05) is 36.5 Å². The summed E-state index contributed by atoms with van der Waals surface area (Å²) in [5, 5.41) is 22.6. The molecule has 0 aliphatic rings. The lowest BCUT2D eigenvalue weighted by atomic mass is 10.1. The molecule has 4 N–H and O–H groups in total. The summed E-state index contributed by atoms with van der Waals surface area (Å²) in [7, 11) is 0. The number of nitrogens with zero attached hydrogens (tertiary/aromatic N) is 2. The van der Waals surface area contributed by atoms with Crippen LogP contribution in [0.25, 0.3) is 12.2 Å². The standard InChI is InChI=1S/C18H18N4O4/c19-11-7-3-1-5-9-15-13-18(22(25)26)16(14-17(15)21(23)24)10-6-2-4-8-12-20/h1-14H,19-20H2/b3-1+,4-2+,9-5+,10-6+,11-7+,12-8+. The fourth-order valence-corrected chi connectivity index (χ4v) is 1.90. The first-order chi connectivity index (χ1) is 12.5. The van der Waals surface area contributed by atoms with E-state index in [1.165, 1.54) is 48.8 Å². The minimum absolute atomic E-state index is 0.127. The largest absolute Gasteiger partial charge is 0.405 e. The van der Waals surface area contributed by atoms with Gasteiger partial charge in [0.15, 0.2) is 0 Å². The van der Waals surface area contributed by atoms with Crippen LogP contribution in [-0.4, -0.2) is 9.85 Å². The van der Waals surface area contributed by atoms with Crippen LogP contribution in [0, 0.1) is 20.2 Å². The van der Waals surface area contributed by atoms with Crippen LogP contribution >= 0.6 is 0 Å². The number of hydrogen-bond donors (Lipinski definition) is 2. The molecule has 134 valence electrons. The highest BCUT2D eigenvalue weighted by atomic mass is 16.6. The van der Waals surface area contributed by atoms with Gasteiger partial charge in [0.05, 0.1) is 21.0 Å². The Bertz CT molecular complexity index is 764. The molecule has 0 unspecified atom stereocenters. The van der Waals surface area contributed by atoms with E-state index in [0.29, 0.717) is 0 Å². The zero-order chi connectivity index (χ0) is 19.4. The van der Waals surface area contributed by atoms with Crippen molar-refractivity contribution in [3.8, 4) is 0 Å². The van der Waals surface area contributed by atoms with Crippen molar-refractivity contribution in [3.05, 3.63) is 104 Å². The summed E-state index contributed by atoms with van der Waals surface area (Å²) >= 11 is 0. The third-order valence-electron chi connectivity index (χ3n) is 3.01. The summed E-state index contributed by atoms with van der Waals surface area (Å²) in [6, 6.07) is 2.34. The second-order valence-electron chi connectivity index (χ2n) is 4.74. The van der Waals surface area contributed by atoms with Crippen LogP contribution in [0.2, 0.25) is 0 Å². The van der Waals surface area contributed by atoms with Crippen molar-refractivity contribution in [2.75, 3.05) is 0 Å². The molecule has 0 spiro atoms. The molecule has 0 saturated carbocycles. The Morgan fingerprint density at radius 2 is 1.00 bits per heavy atom. The Morgan fingerprint density at radius 1 is 0.654 bits per heavy atom.